The molecule has 3 aromatic rings. The second-order valence-corrected chi connectivity index (χ2v) is 5.09. The molecule has 5 nitrogen and oxygen atoms in total. The summed E-state index contributed by atoms with van der Waals surface area (Å²) >= 11 is 3.49. The normalized spacial score (nSPS) is 10.5. The van der Waals surface area contributed by atoms with Crippen molar-refractivity contribution in [2.24, 2.45) is 0 Å². The molecule has 0 amide bonds. The van der Waals surface area contributed by atoms with Crippen LogP contribution < -0.4 is 4.74 Å². The molecule has 2 aromatic carbocycles. The first kappa shape index (κ1) is 13.5. The molecule has 0 aliphatic carbocycles. The van der Waals surface area contributed by atoms with Gasteiger partial charge in [0, 0.05) is 12.3 Å². The molecule has 0 bridgehead atoms. The number of rotatable bonds is 3. The average molecular weight is 345 g/mol. The lowest BCUT2D eigenvalue weighted by molar-refractivity contribution is -0.386. The van der Waals surface area contributed by atoms with Crippen LogP contribution >= 0.6 is 15.9 Å². The molecule has 0 fully saturated rings. The lowest BCUT2D eigenvalue weighted by Crippen LogP contribution is -1.94. The van der Waals surface area contributed by atoms with Crippen molar-refractivity contribution in [1.82, 2.24) is 4.98 Å². The van der Waals surface area contributed by atoms with E-state index in [9.17, 15) is 10.1 Å². The van der Waals surface area contributed by atoms with Crippen LogP contribution in [-0.4, -0.2) is 9.91 Å². The van der Waals surface area contributed by atoms with Gasteiger partial charge in [-0.25, -0.2) is 0 Å². The summed E-state index contributed by atoms with van der Waals surface area (Å²) in [6.45, 7) is 0. The molecule has 3 rings (SSSR count). The summed E-state index contributed by atoms with van der Waals surface area (Å²) in [5.41, 5.74) is -0.169. The summed E-state index contributed by atoms with van der Waals surface area (Å²) in [6.07, 6.45) is 2.63. The van der Waals surface area contributed by atoms with E-state index < -0.39 is 4.92 Å². The summed E-state index contributed by atoms with van der Waals surface area (Å²) in [6, 6.07) is 13.0. The molecule has 0 radical (unpaired) electrons. The molecular formula is C15H9BrN2O3. The van der Waals surface area contributed by atoms with Crippen LogP contribution in [0.3, 0.4) is 0 Å². The van der Waals surface area contributed by atoms with Crippen LogP contribution in [-0.2, 0) is 0 Å². The largest absolute Gasteiger partial charge is 0.449 e. The van der Waals surface area contributed by atoms with E-state index in [4.69, 9.17) is 4.74 Å². The third-order valence-corrected chi connectivity index (χ3v) is 3.82. The number of nitro groups is 1. The molecule has 0 unspecified atom stereocenters. The Balaban J connectivity index is 2.07. The number of benzene rings is 2. The lowest BCUT2D eigenvalue weighted by atomic mass is 10.1. The fourth-order valence-corrected chi connectivity index (χ4v) is 2.58. The van der Waals surface area contributed by atoms with Crippen molar-refractivity contribution in [3.8, 4) is 11.5 Å². The highest BCUT2D eigenvalue weighted by atomic mass is 79.9. The van der Waals surface area contributed by atoms with Crippen molar-refractivity contribution in [2.45, 2.75) is 0 Å². The van der Waals surface area contributed by atoms with E-state index >= 15 is 0 Å². The Kier molecular flexibility index (Phi) is 3.53. The van der Waals surface area contributed by atoms with Gasteiger partial charge in [-0.1, -0.05) is 30.3 Å². The van der Waals surface area contributed by atoms with E-state index in [-0.39, 0.29) is 11.4 Å². The van der Waals surface area contributed by atoms with Crippen LogP contribution in [0.15, 0.2) is 59.3 Å². The van der Waals surface area contributed by atoms with E-state index in [1.165, 1.54) is 18.5 Å². The van der Waals surface area contributed by atoms with E-state index in [1.54, 1.807) is 6.07 Å². The quantitative estimate of drug-likeness (QED) is 0.510. The maximum absolute atomic E-state index is 11.0. The topological polar surface area (TPSA) is 65.3 Å². The minimum absolute atomic E-state index is 0.158. The van der Waals surface area contributed by atoms with Gasteiger partial charge in [-0.05, 0) is 32.8 Å². The first-order chi connectivity index (χ1) is 10.2. The zero-order valence-corrected chi connectivity index (χ0v) is 12.3. The Labute approximate surface area is 128 Å². The number of pyridine rings is 1. The van der Waals surface area contributed by atoms with Gasteiger partial charge in [0.1, 0.15) is 11.9 Å². The monoisotopic (exact) mass is 344 g/mol. The van der Waals surface area contributed by atoms with Gasteiger partial charge < -0.3 is 4.74 Å². The Morgan fingerprint density at radius 2 is 1.90 bits per heavy atom. The maximum Gasteiger partial charge on any atom is 0.329 e. The number of nitrogens with zero attached hydrogens (tertiary/aromatic N) is 2. The number of aromatic nitrogens is 1. The number of fused-ring (bicyclic) bond motifs is 1. The number of hydrogen-bond acceptors (Lipinski definition) is 4. The molecule has 0 aliphatic rings. The second kappa shape index (κ2) is 5.49. The fraction of sp³-hybridized carbons (Fsp3) is 0. The van der Waals surface area contributed by atoms with Gasteiger partial charge in [0.2, 0.25) is 5.75 Å². The van der Waals surface area contributed by atoms with Crippen LogP contribution in [0.25, 0.3) is 10.8 Å². The van der Waals surface area contributed by atoms with E-state index in [0.29, 0.717) is 5.75 Å². The predicted molar refractivity (Wildman–Crippen MR) is 82.6 cm³/mol. The molecule has 21 heavy (non-hydrogen) atoms. The van der Waals surface area contributed by atoms with Crippen molar-refractivity contribution >= 4 is 32.4 Å². The van der Waals surface area contributed by atoms with Gasteiger partial charge in [0.25, 0.3) is 0 Å². The van der Waals surface area contributed by atoms with Gasteiger partial charge >= 0.3 is 5.69 Å². The van der Waals surface area contributed by atoms with Crippen LogP contribution in [0.4, 0.5) is 5.69 Å². The SMILES string of the molecule is O=[N+]([O-])c1cnccc1Oc1ccc2ccccc2c1Br. The van der Waals surface area contributed by atoms with Gasteiger partial charge in [-0.15, -0.1) is 0 Å². The highest BCUT2D eigenvalue weighted by molar-refractivity contribution is 9.10. The Morgan fingerprint density at radius 1 is 1.10 bits per heavy atom. The standard InChI is InChI=1S/C15H9BrN2O3/c16-15-11-4-2-1-3-10(11)5-6-14(15)21-13-7-8-17-9-12(13)18(19)20/h1-9H. The third-order valence-electron chi connectivity index (χ3n) is 3.01. The molecule has 0 N–H and O–H groups in total. The Morgan fingerprint density at radius 3 is 2.71 bits per heavy atom. The molecular weight excluding hydrogens is 336 g/mol. The summed E-state index contributed by atoms with van der Waals surface area (Å²) in [5.74, 6) is 0.675. The van der Waals surface area contributed by atoms with Crippen LogP contribution in [0.2, 0.25) is 0 Å². The molecule has 0 saturated heterocycles. The third kappa shape index (κ3) is 2.57. The summed E-state index contributed by atoms with van der Waals surface area (Å²) in [7, 11) is 0. The average Bonchev–Trinajstić information content (AvgIpc) is 2.51. The van der Waals surface area contributed by atoms with Crippen molar-refractivity contribution in [3.63, 3.8) is 0 Å². The van der Waals surface area contributed by atoms with Gasteiger partial charge in [-0.2, -0.15) is 0 Å². The van der Waals surface area contributed by atoms with Crippen molar-refractivity contribution in [3.05, 3.63) is 69.4 Å². The fourth-order valence-electron chi connectivity index (χ4n) is 2.01. The van der Waals surface area contributed by atoms with Gasteiger partial charge in [-0.3, -0.25) is 15.1 Å². The minimum Gasteiger partial charge on any atom is -0.449 e. The van der Waals surface area contributed by atoms with E-state index in [2.05, 4.69) is 20.9 Å². The molecule has 104 valence electrons. The zero-order chi connectivity index (χ0) is 14.8. The molecule has 1 aromatic heterocycles. The van der Waals surface area contributed by atoms with Crippen molar-refractivity contribution in [1.29, 1.82) is 0 Å². The van der Waals surface area contributed by atoms with Crippen LogP contribution in [0.5, 0.6) is 11.5 Å². The predicted octanol–water partition coefficient (Wildman–Crippen LogP) is 4.70. The molecule has 6 heteroatoms. The molecule has 0 spiro atoms. The molecule has 1 heterocycles. The van der Waals surface area contributed by atoms with Crippen molar-refractivity contribution in [2.75, 3.05) is 0 Å². The Bertz CT molecular complexity index is 836. The summed E-state index contributed by atoms with van der Waals surface area (Å²) in [5, 5.41) is 13.0. The smallest absolute Gasteiger partial charge is 0.329 e. The minimum atomic E-state index is -0.517. The van der Waals surface area contributed by atoms with Crippen molar-refractivity contribution < 1.29 is 9.66 Å². The second-order valence-electron chi connectivity index (χ2n) is 4.30. The highest BCUT2D eigenvalue weighted by Crippen LogP contribution is 2.38. The molecule has 0 saturated carbocycles. The van der Waals surface area contributed by atoms with Gasteiger partial charge in [0.05, 0.1) is 9.40 Å². The first-order valence-corrected chi connectivity index (χ1v) is 6.89. The highest BCUT2D eigenvalue weighted by Gasteiger charge is 2.17. The van der Waals surface area contributed by atoms with Crippen LogP contribution in [0.1, 0.15) is 0 Å². The molecule has 0 aliphatic heterocycles. The Hall–Kier alpha value is -2.47. The number of halogens is 1. The molecule has 0 atom stereocenters. The zero-order valence-electron chi connectivity index (χ0n) is 10.7. The van der Waals surface area contributed by atoms with E-state index in [0.717, 1.165) is 15.2 Å². The van der Waals surface area contributed by atoms with Gasteiger partial charge in [0.15, 0.2) is 0 Å². The maximum atomic E-state index is 11.0. The lowest BCUT2D eigenvalue weighted by Gasteiger charge is -2.10. The first-order valence-electron chi connectivity index (χ1n) is 6.10. The summed E-state index contributed by atoms with van der Waals surface area (Å²) in [4.78, 5) is 14.2. The van der Waals surface area contributed by atoms with Crippen LogP contribution in [0, 0.1) is 10.1 Å². The van der Waals surface area contributed by atoms with E-state index in [1.807, 2.05) is 30.3 Å². The number of hydrogen-bond donors (Lipinski definition) is 0. The number of ether oxygens (including phenoxy) is 1. The summed E-state index contributed by atoms with van der Waals surface area (Å²) < 4.78 is 6.44.